The largest absolute Gasteiger partial charge is 0.394 e. The Morgan fingerprint density at radius 2 is 0.816 bits per heavy atom. The topological polar surface area (TPSA) is 144 Å². The number of hydrogen-bond donors (Lipinski definition) is 4. The quantitative estimate of drug-likeness (QED) is 0.196. The normalized spacial score (nSPS) is 11.3. The number of nitrogens with two attached hydrogens (primary N) is 2. The van der Waals surface area contributed by atoms with Crippen LogP contribution in [-0.4, -0.2) is 16.8 Å². The van der Waals surface area contributed by atoms with Crippen LogP contribution < -0.4 is 20.9 Å². The average Bonchev–Trinajstić information content (AvgIpc) is 2.91. The minimum atomic E-state index is -3.93. The van der Waals surface area contributed by atoms with Gasteiger partial charge >= 0.3 is 0 Å². The molecule has 200 valence electrons. The Balaban J connectivity index is 0.000000211. The van der Waals surface area contributed by atoms with Gasteiger partial charge in [-0.05, 0) is 48.5 Å². The third-order valence-electron chi connectivity index (χ3n) is 4.85. The molecule has 0 amide bonds. The third-order valence-corrected chi connectivity index (χ3v) is 7.61. The first-order valence-electron chi connectivity index (χ1n) is 10.5. The fourth-order valence-electron chi connectivity index (χ4n) is 2.90. The van der Waals surface area contributed by atoms with Crippen molar-refractivity contribution >= 4 is 42.8 Å². The molecule has 0 heterocycles. The predicted molar refractivity (Wildman–Crippen MR) is 136 cm³/mol. The summed E-state index contributed by atoms with van der Waals surface area (Å²) in [7, 11) is -7.87. The van der Waals surface area contributed by atoms with Crippen molar-refractivity contribution in [3.63, 3.8) is 0 Å². The van der Waals surface area contributed by atoms with Crippen molar-refractivity contribution < 1.29 is 34.4 Å². The zero-order valence-electron chi connectivity index (χ0n) is 19.2. The van der Waals surface area contributed by atoms with Gasteiger partial charge in [0.1, 0.15) is 23.0 Å². The number of nitrogens with one attached hydrogen (secondary N) is 2. The van der Waals surface area contributed by atoms with Crippen LogP contribution in [0.5, 0.6) is 0 Å². The molecule has 8 nitrogen and oxygen atoms in total. The highest BCUT2D eigenvalue weighted by atomic mass is 32.2. The summed E-state index contributed by atoms with van der Waals surface area (Å²) < 4.78 is 105. The number of benzene rings is 4. The van der Waals surface area contributed by atoms with E-state index >= 15 is 0 Å². The highest BCUT2D eigenvalue weighted by molar-refractivity contribution is 7.93. The van der Waals surface area contributed by atoms with E-state index < -0.39 is 66.1 Å². The molecule has 6 N–H and O–H groups in total. The molecule has 4 rings (SSSR count). The molecule has 0 bridgehead atoms. The number of hydrogen-bond acceptors (Lipinski definition) is 6. The Morgan fingerprint density at radius 3 is 1.13 bits per heavy atom. The summed E-state index contributed by atoms with van der Waals surface area (Å²) in [5, 5.41) is 0. The maximum absolute atomic E-state index is 13.6. The Kier molecular flexibility index (Phi) is 8.48. The van der Waals surface area contributed by atoms with Gasteiger partial charge in [-0.25, -0.2) is 34.4 Å². The van der Waals surface area contributed by atoms with E-state index in [2.05, 4.69) is 0 Å². The van der Waals surface area contributed by atoms with Crippen LogP contribution in [0.1, 0.15) is 0 Å². The van der Waals surface area contributed by atoms with Gasteiger partial charge in [-0.15, -0.1) is 0 Å². The molecule has 0 aliphatic rings. The molecule has 0 spiro atoms. The van der Waals surface area contributed by atoms with Crippen LogP contribution in [0.3, 0.4) is 0 Å². The van der Waals surface area contributed by atoms with E-state index in [9.17, 15) is 34.4 Å². The Hall–Kier alpha value is -4.30. The Labute approximate surface area is 216 Å². The van der Waals surface area contributed by atoms with Crippen molar-refractivity contribution in [2.24, 2.45) is 0 Å². The lowest BCUT2D eigenvalue weighted by atomic mass is 10.2. The minimum absolute atomic E-state index is 0.0303. The van der Waals surface area contributed by atoms with Crippen LogP contribution in [0, 0.1) is 23.3 Å². The fourth-order valence-corrected chi connectivity index (χ4v) is 5.06. The van der Waals surface area contributed by atoms with Gasteiger partial charge < -0.3 is 11.5 Å². The van der Waals surface area contributed by atoms with Gasteiger partial charge in [0.15, 0.2) is 11.6 Å². The van der Waals surface area contributed by atoms with Crippen LogP contribution in [0.25, 0.3) is 0 Å². The first kappa shape index (κ1) is 28.3. The second kappa shape index (κ2) is 11.4. The molecule has 0 saturated heterocycles. The van der Waals surface area contributed by atoms with Gasteiger partial charge in [-0.2, -0.15) is 0 Å². The van der Waals surface area contributed by atoms with Crippen LogP contribution in [-0.2, 0) is 20.0 Å². The highest BCUT2D eigenvalue weighted by Crippen LogP contribution is 2.26. The Bertz CT molecular complexity index is 1530. The maximum Gasteiger partial charge on any atom is 0.261 e. The molecular formula is C24H20F4N4O4S2. The number of rotatable bonds is 6. The summed E-state index contributed by atoms with van der Waals surface area (Å²) in [6.45, 7) is 0. The maximum atomic E-state index is 13.6. The molecule has 4 aromatic carbocycles. The van der Waals surface area contributed by atoms with Crippen molar-refractivity contribution in [3.8, 4) is 0 Å². The van der Waals surface area contributed by atoms with Crippen molar-refractivity contribution in [2.75, 3.05) is 20.9 Å². The molecule has 4 aromatic rings. The van der Waals surface area contributed by atoms with E-state index in [1.54, 1.807) is 12.1 Å². The molecule has 0 fully saturated rings. The summed E-state index contributed by atoms with van der Waals surface area (Å²) in [4.78, 5) is -0.0606. The number of anilines is 4. The van der Waals surface area contributed by atoms with Crippen LogP contribution in [0.15, 0.2) is 94.7 Å². The molecule has 14 heteroatoms. The molecule has 0 atom stereocenters. The lowest BCUT2D eigenvalue weighted by molar-refractivity contribution is 0.589. The second-order valence-electron chi connectivity index (χ2n) is 7.48. The van der Waals surface area contributed by atoms with Crippen molar-refractivity contribution in [1.29, 1.82) is 0 Å². The van der Waals surface area contributed by atoms with Gasteiger partial charge in [-0.3, -0.25) is 9.44 Å². The van der Waals surface area contributed by atoms with Crippen LogP contribution in [0.2, 0.25) is 0 Å². The minimum Gasteiger partial charge on any atom is -0.394 e. The van der Waals surface area contributed by atoms with Gasteiger partial charge in [0, 0.05) is 0 Å². The van der Waals surface area contributed by atoms with Gasteiger partial charge in [0.2, 0.25) is 0 Å². The Morgan fingerprint density at radius 1 is 0.500 bits per heavy atom. The lowest BCUT2D eigenvalue weighted by Gasteiger charge is -2.10. The van der Waals surface area contributed by atoms with Crippen LogP contribution >= 0.6 is 0 Å². The molecule has 38 heavy (non-hydrogen) atoms. The molecule has 0 aliphatic carbocycles. The van der Waals surface area contributed by atoms with E-state index in [1.165, 1.54) is 48.5 Å². The van der Waals surface area contributed by atoms with Crippen molar-refractivity contribution in [1.82, 2.24) is 0 Å². The summed E-state index contributed by atoms with van der Waals surface area (Å²) >= 11 is 0. The van der Waals surface area contributed by atoms with E-state index in [1.807, 2.05) is 9.44 Å². The van der Waals surface area contributed by atoms with E-state index in [-0.39, 0.29) is 9.79 Å². The molecule has 0 aromatic heterocycles. The van der Waals surface area contributed by atoms with Crippen molar-refractivity contribution in [2.45, 2.75) is 9.79 Å². The average molecular weight is 569 g/mol. The standard InChI is InChI=1S/2C12H10F2N2O2S/c2*13-9-6-7-10(11(14)12(9)15)16-19(17,18)8-4-2-1-3-5-8/h2*1-7,16H,15H2. The molecule has 0 radical (unpaired) electrons. The zero-order chi connectivity index (χ0) is 28.1. The van der Waals surface area contributed by atoms with Gasteiger partial charge in [0.25, 0.3) is 20.0 Å². The van der Waals surface area contributed by atoms with Crippen LogP contribution in [0.4, 0.5) is 40.3 Å². The first-order chi connectivity index (χ1) is 17.8. The van der Waals surface area contributed by atoms with Crippen molar-refractivity contribution in [3.05, 3.63) is 108 Å². The fraction of sp³-hybridized carbons (Fsp3) is 0. The lowest BCUT2D eigenvalue weighted by Crippen LogP contribution is -2.14. The zero-order valence-corrected chi connectivity index (χ0v) is 20.8. The van der Waals surface area contributed by atoms with E-state index in [0.717, 1.165) is 24.3 Å². The monoisotopic (exact) mass is 568 g/mol. The smallest absolute Gasteiger partial charge is 0.261 e. The molecule has 0 unspecified atom stereocenters. The van der Waals surface area contributed by atoms with E-state index in [0.29, 0.717) is 0 Å². The molecular weight excluding hydrogens is 548 g/mol. The SMILES string of the molecule is Nc1c(F)ccc(NS(=O)(=O)c2ccccc2)c1F.Nc1c(F)ccc(NS(=O)(=O)c2ccccc2)c1F. The third kappa shape index (κ3) is 6.52. The summed E-state index contributed by atoms with van der Waals surface area (Å²) in [6, 6.07) is 18.6. The highest BCUT2D eigenvalue weighted by Gasteiger charge is 2.19. The predicted octanol–water partition coefficient (Wildman–Crippen LogP) is 4.70. The van der Waals surface area contributed by atoms with Gasteiger partial charge in [-0.1, -0.05) is 36.4 Å². The summed E-state index contributed by atoms with van der Waals surface area (Å²) in [5.74, 6) is -4.17. The number of sulfonamides is 2. The molecule has 0 aliphatic heterocycles. The van der Waals surface area contributed by atoms with E-state index in [4.69, 9.17) is 11.5 Å². The first-order valence-corrected chi connectivity index (χ1v) is 13.4. The number of nitrogen functional groups attached to an aromatic ring is 2. The number of halogens is 4. The summed E-state index contributed by atoms with van der Waals surface area (Å²) in [6.07, 6.45) is 0. The second-order valence-corrected chi connectivity index (χ2v) is 10.8. The molecule has 0 saturated carbocycles. The summed E-state index contributed by atoms with van der Waals surface area (Å²) in [5.41, 5.74) is 8.05. The van der Waals surface area contributed by atoms with Gasteiger partial charge in [0.05, 0.1) is 21.2 Å².